The highest BCUT2D eigenvalue weighted by atomic mass is 35.5. The van der Waals surface area contributed by atoms with Crippen molar-refractivity contribution in [2.45, 2.75) is 52.9 Å². The van der Waals surface area contributed by atoms with E-state index in [9.17, 15) is 4.79 Å². The SMILES string of the molecule is CC(C)CCCCCCNC(=O)C(C)CN.Cl. The van der Waals surface area contributed by atoms with Crippen LogP contribution >= 0.6 is 12.4 Å². The van der Waals surface area contributed by atoms with Gasteiger partial charge in [0, 0.05) is 19.0 Å². The molecule has 0 spiro atoms. The molecule has 0 saturated carbocycles. The zero-order chi connectivity index (χ0) is 12.4. The molecule has 0 aromatic heterocycles. The van der Waals surface area contributed by atoms with E-state index < -0.39 is 0 Å². The van der Waals surface area contributed by atoms with Crippen LogP contribution in [0.15, 0.2) is 0 Å². The van der Waals surface area contributed by atoms with Crippen LogP contribution in [-0.4, -0.2) is 19.0 Å². The van der Waals surface area contributed by atoms with Crippen molar-refractivity contribution in [3.63, 3.8) is 0 Å². The summed E-state index contributed by atoms with van der Waals surface area (Å²) in [5, 5.41) is 2.91. The van der Waals surface area contributed by atoms with Gasteiger partial charge in [0.15, 0.2) is 0 Å². The van der Waals surface area contributed by atoms with E-state index in [-0.39, 0.29) is 24.2 Å². The Labute approximate surface area is 112 Å². The van der Waals surface area contributed by atoms with Crippen LogP contribution in [0.2, 0.25) is 0 Å². The third-order valence-corrected chi connectivity index (χ3v) is 2.81. The first-order chi connectivity index (χ1) is 7.57. The van der Waals surface area contributed by atoms with Gasteiger partial charge in [-0.2, -0.15) is 0 Å². The first-order valence-electron chi connectivity index (χ1n) is 6.55. The Morgan fingerprint density at radius 2 is 1.71 bits per heavy atom. The Morgan fingerprint density at radius 3 is 2.24 bits per heavy atom. The van der Waals surface area contributed by atoms with E-state index in [1.54, 1.807) is 0 Å². The van der Waals surface area contributed by atoms with E-state index in [4.69, 9.17) is 5.73 Å². The number of hydrogen-bond donors (Lipinski definition) is 2. The molecule has 0 fully saturated rings. The highest BCUT2D eigenvalue weighted by Crippen LogP contribution is 2.08. The molecule has 0 heterocycles. The van der Waals surface area contributed by atoms with Gasteiger partial charge < -0.3 is 11.1 Å². The van der Waals surface area contributed by atoms with Crippen LogP contribution in [0.3, 0.4) is 0 Å². The summed E-state index contributed by atoms with van der Waals surface area (Å²) in [7, 11) is 0. The Balaban J connectivity index is 0. The van der Waals surface area contributed by atoms with Gasteiger partial charge in [0.25, 0.3) is 0 Å². The van der Waals surface area contributed by atoms with Crippen LogP contribution in [0.5, 0.6) is 0 Å². The highest BCUT2D eigenvalue weighted by Gasteiger charge is 2.08. The van der Waals surface area contributed by atoms with Crippen molar-refractivity contribution in [1.29, 1.82) is 0 Å². The topological polar surface area (TPSA) is 55.1 Å². The second-order valence-electron chi connectivity index (χ2n) is 5.02. The van der Waals surface area contributed by atoms with Crippen molar-refractivity contribution in [3.05, 3.63) is 0 Å². The van der Waals surface area contributed by atoms with Crippen LogP contribution in [0.25, 0.3) is 0 Å². The molecule has 0 rings (SSSR count). The molecule has 17 heavy (non-hydrogen) atoms. The standard InChI is InChI=1S/C13H28N2O.ClH/c1-11(2)8-6-4-5-7-9-15-13(16)12(3)10-14;/h11-12H,4-10,14H2,1-3H3,(H,15,16);1H. The Bertz CT molecular complexity index is 186. The molecule has 0 aliphatic carbocycles. The molecule has 0 saturated heterocycles. The third-order valence-electron chi connectivity index (χ3n) is 2.81. The Kier molecular flexibility index (Phi) is 13.7. The van der Waals surface area contributed by atoms with Crippen molar-refractivity contribution in [3.8, 4) is 0 Å². The van der Waals surface area contributed by atoms with Crippen molar-refractivity contribution < 1.29 is 4.79 Å². The predicted octanol–water partition coefficient (Wildman–Crippen LogP) is 2.73. The lowest BCUT2D eigenvalue weighted by Gasteiger charge is -2.09. The first kappa shape index (κ1) is 19.1. The lowest BCUT2D eigenvalue weighted by molar-refractivity contribution is -0.124. The molecule has 0 radical (unpaired) electrons. The molecule has 0 aromatic carbocycles. The molecule has 0 bridgehead atoms. The maximum absolute atomic E-state index is 11.4. The molecule has 0 aromatic rings. The largest absolute Gasteiger partial charge is 0.356 e. The van der Waals surface area contributed by atoms with Gasteiger partial charge in [-0.25, -0.2) is 0 Å². The number of nitrogens with two attached hydrogens (primary N) is 1. The monoisotopic (exact) mass is 264 g/mol. The van der Waals surface area contributed by atoms with Gasteiger partial charge in [0.1, 0.15) is 0 Å². The molecule has 1 atom stereocenters. The predicted molar refractivity (Wildman–Crippen MR) is 76.4 cm³/mol. The lowest BCUT2D eigenvalue weighted by Crippen LogP contribution is -2.33. The summed E-state index contributed by atoms with van der Waals surface area (Å²) in [6.45, 7) is 7.60. The van der Waals surface area contributed by atoms with Crippen LogP contribution < -0.4 is 11.1 Å². The minimum Gasteiger partial charge on any atom is -0.356 e. The molecule has 0 aliphatic heterocycles. The smallest absolute Gasteiger partial charge is 0.224 e. The maximum Gasteiger partial charge on any atom is 0.224 e. The number of nitrogens with one attached hydrogen (secondary N) is 1. The van der Waals surface area contributed by atoms with E-state index in [1.807, 2.05) is 6.92 Å². The van der Waals surface area contributed by atoms with Crippen molar-refractivity contribution >= 4 is 18.3 Å². The number of amides is 1. The summed E-state index contributed by atoms with van der Waals surface area (Å²) >= 11 is 0. The molecule has 3 nitrogen and oxygen atoms in total. The quantitative estimate of drug-likeness (QED) is 0.629. The summed E-state index contributed by atoms with van der Waals surface area (Å²) < 4.78 is 0. The van der Waals surface area contributed by atoms with Gasteiger partial charge in [0.2, 0.25) is 5.91 Å². The van der Waals surface area contributed by atoms with Gasteiger partial charge >= 0.3 is 0 Å². The molecule has 1 amide bonds. The molecule has 104 valence electrons. The third kappa shape index (κ3) is 12.0. The lowest BCUT2D eigenvalue weighted by atomic mass is 10.0. The molecule has 4 heteroatoms. The molecular formula is C13H29ClN2O. The van der Waals surface area contributed by atoms with Crippen LogP contribution in [0.4, 0.5) is 0 Å². The van der Waals surface area contributed by atoms with Gasteiger partial charge in [-0.05, 0) is 12.3 Å². The average molecular weight is 265 g/mol. The average Bonchev–Trinajstić information content (AvgIpc) is 2.25. The second-order valence-corrected chi connectivity index (χ2v) is 5.02. The number of hydrogen-bond acceptors (Lipinski definition) is 2. The number of rotatable bonds is 9. The maximum atomic E-state index is 11.4. The van der Waals surface area contributed by atoms with Gasteiger partial charge in [-0.1, -0.05) is 46.5 Å². The summed E-state index contributed by atoms with van der Waals surface area (Å²) in [6, 6.07) is 0. The Hall–Kier alpha value is -0.280. The molecule has 0 aliphatic rings. The fourth-order valence-electron chi connectivity index (χ4n) is 1.52. The zero-order valence-corrected chi connectivity index (χ0v) is 12.3. The summed E-state index contributed by atoms with van der Waals surface area (Å²) in [4.78, 5) is 11.4. The van der Waals surface area contributed by atoms with Gasteiger partial charge in [-0.3, -0.25) is 4.79 Å². The zero-order valence-electron chi connectivity index (χ0n) is 11.5. The van der Waals surface area contributed by atoms with Gasteiger partial charge in [-0.15, -0.1) is 12.4 Å². The molecule has 1 unspecified atom stereocenters. The van der Waals surface area contributed by atoms with Crippen LogP contribution in [-0.2, 0) is 4.79 Å². The minimum atomic E-state index is -0.0547. The fourth-order valence-corrected chi connectivity index (χ4v) is 1.52. The normalized spacial score (nSPS) is 12.1. The second kappa shape index (κ2) is 12.2. The first-order valence-corrected chi connectivity index (χ1v) is 6.55. The number of unbranched alkanes of at least 4 members (excludes halogenated alkanes) is 3. The summed E-state index contributed by atoms with van der Waals surface area (Å²) in [5.74, 6) is 0.843. The van der Waals surface area contributed by atoms with Crippen LogP contribution in [0, 0.1) is 11.8 Å². The van der Waals surface area contributed by atoms with Crippen molar-refractivity contribution in [2.75, 3.05) is 13.1 Å². The van der Waals surface area contributed by atoms with E-state index in [1.165, 1.54) is 25.7 Å². The van der Waals surface area contributed by atoms with Crippen molar-refractivity contribution in [2.24, 2.45) is 17.6 Å². The van der Waals surface area contributed by atoms with E-state index in [0.29, 0.717) is 6.54 Å². The van der Waals surface area contributed by atoms with E-state index in [0.717, 1.165) is 18.9 Å². The number of carbonyl (C=O) groups excluding carboxylic acids is 1. The molecular weight excluding hydrogens is 236 g/mol. The van der Waals surface area contributed by atoms with Crippen molar-refractivity contribution in [1.82, 2.24) is 5.32 Å². The molecule has 3 N–H and O–H groups in total. The number of carbonyl (C=O) groups is 1. The van der Waals surface area contributed by atoms with Gasteiger partial charge in [0.05, 0.1) is 0 Å². The summed E-state index contributed by atoms with van der Waals surface area (Å²) in [6.07, 6.45) is 6.20. The fraction of sp³-hybridized carbons (Fsp3) is 0.923. The van der Waals surface area contributed by atoms with Crippen LogP contribution in [0.1, 0.15) is 52.9 Å². The highest BCUT2D eigenvalue weighted by molar-refractivity contribution is 5.85. The van der Waals surface area contributed by atoms with E-state index >= 15 is 0 Å². The minimum absolute atomic E-state index is 0. The van der Waals surface area contributed by atoms with E-state index in [2.05, 4.69) is 19.2 Å². The summed E-state index contributed by atoms with van der Waals surface area (Å²) in [5.41, 5.74) is 5.41. The number of halogens is 1. The Morgan fingerprint density at radius 1 is 1.12 bits per heavy atom.